The van der Waals surface area contributed by atoms with Gasteiger partial charge in [0.15, 0.2) is 0 Å². The Morgan fingerprint density at radius 3 is 2.57 bits per heavy atom. The molecular formula is C23H23N3O2. The van der Waals surface area contributed by atoms with Crippen LogP contribution in [0, 0.1) is 6.92 Å². The highest BCUT2D eigenvalue weighted by atomic mass is 16.5. The zero-order valence-electron chi connectivity index (χ0n) is 15.8. The van der Waals surface area contributed by atoms with E-state index < -0.39 is 0 Å². The molecule has 0 bridgehead atoms. The van der Waals surface area contributed by atoms with Crippen molar-refractivity contribution >= 4 is 17.8 Å². The topological polar surface area (TPSA) is 62.7 Å². The van der Waals surface area contributed by atoms with Crippen LogP contribution in [0.2, 0.25) is 0 Å². The van der Waals surface area contributed by atoms with Crippen molar-refractivity contribution in [2.24, 2.45) is 5.10 Å². The van der Waals surface area contributed by atoms with Crippen LogP contribution in [-0.4, -0.2) is 18.7 Å². The molecule has 28 heavy (non-hydrogen) atoms. The molecule has 0 aliphatic heterocycles. The summed E-state index contributed by atoms with van der Waals surface area (Å²) < 4.78 is 5.80. The van der Waals surface area contributed by atoms with E-state index in [4.69, 9.17) is 4.74 Å². The van der Waals surface area contributed by atoms with Gasteiger partial charge in [0.1, 0.15) is 12.4 Å². The Bertz CT molecular complexity index is 922. The maximum Gasteiger partial charge on any atom is 0.259 e. The number of rotatable bonds is 8. The van der Waals surface area contributed by atoms with E-state index in [0.29, 0.717) is 6.61 Å². The van der Waals surface area contributed by atoms with Crippen molar-refractivity contribution in [3.8, 4) is 5.75 Å². The van der Waals surface area contributed by atoms with E-state index in [1.807, 2.05) is 85.8 Å². The van der Waals surface area contributed by atoms with Crippen LogP contribution in [0.1, 0.15) is 16.7 Å². The summed E-state index contributed by atoms with van der Waals surface area (Å²) in [4.78, 5) is 11.9. The Morgan fingerprint density at radius 2 is 1.79 bits per heavy atom. The van der Waals surface area contributed by atoms with Crippen LogP contribution in [0.4, 0.5) is 5.69 Å². The summed E-state index contributed by atoms with van der Waals surface area (Å²) >= 11 is 0. The fourth-order valence-corrected chi connectivity index (χ4v) is 2.50. The standard InChI is InChI=1S/C23H23N3O2/c1-18-10-12-21(13-11-18)24-16-23(27)26-25-15-20-8-5-9-22(14-20)28-17-19-6-3-2-4-7-19/h2-15,24H,16-17H2,1H3,(H,26,27)/b25-15+. The highest BCUT2D eigenvalue weighted by Crippen LogP contribution is 2.14. The van der Waals surface area contributed by atoms with Crippen molar-refractivity contribution in [1.82, 2.24) is 5.43 Å². The molecule has 1 amide bonds. The molecule has 3 aromatic carbocycles. The van der Waals surface area contributed by atoms with Gasteiger partial charge in [-0.2, -0.15) is 5.10 Å². The maximum absolute atomic E-state index is 11.9. The molecule has 0 saturated carbocycles. The quantitative estimate of drug-likeness (QED) is 0.461. The van der Waals surface area contributed by atoms with Crippen LogP contribution in [0.25, 0.3) is 0 Å². The Balaban J connectivity index is 1.45. The number of aryl methyl sites for hydroxylation is 1. The second-order valence-electron chi connectivity index (χ2n) is 6.36. The Morgan fingerprint density at radius 1 is 1.00 bits per heavy atom. The van der Waals surface area contributed by atoms with Gasteiger partial charge in [0.05, 0.1) is 12.8 Å². The van der Waals surface area contributed by atoms with Crippen LogP contribution in [-0.2, 0) is 11.4 Å². The summed E-state index contributed by atoms with van der Waals surface area (Å²) in [6, 6.07) is 25.4. The molecule has 0 aliphatic rings. The molecule has 3 rings (SSSR count). The van der Waals surface area contributed by atoms with Gasteiger partial charge in [-0.05, 0) is 42.3 Å². The lowest BCUT2D eigenvalue weighted by molar-refractivity contribution is -0.119. The molecule has 0 saturated heterocycles. The first-order valence-corrected chi connectivity index (χ1v) is 9.08. The van der Waals surface area contributed by atoms with Crippen LogP contribution >= 0.6 is 0 Å². The summed E-state index contributed by atoms with van der Waals surface area (Å²) in [6.45, 7) is 2.68. The van der Waals surface area contributed by atoms with E-state index in [0.717, 1.165) is 22.6 Å². The molecule has 0 atom stereocenters. The maximum atomic E-state index is 11.9. The molecular weight excluding hydrogens is 350 g/mol. The molecule has 5 heteroatoms. The number of hydrogen-bond acceptors (Lipinski definition) is 4. The van der Waals surface area contributed by atoms with E-state index in [1.54, 1.807) is 6.21 Å². The van der Waals surface area contributed by atoms with Gasteiger partial charge in [-0.3, -0.25) is 4.79 Å². The van der Waals surface area contributed by atoms with Gasteiger partial charge < -0.3 is 10.1 Å². The third kappa shape index (κ3) is 6.29. The molecule has 0 aliphatic carbocycles. The number of carbonyl (C=O) groups is 1. The number of hydrogen-bond donors (Lipinski definition) is 2. The molecule has 0 heterocycles. The number of anilines is 1. The lowest BCUT2D eigenvalue weighted by atomic mass is 10.2. The Kier molecular flexibility index (Phi) is 6.79. The molecule has 0 aromatic heterocycles. The number of hydrazone groups is 1. The van der Waals surface area contributed by atoms with Crippen LogP contribution < -0.4 is 15.5 Å². The Labute approximate surface area is 165 Å². The van der Waals surface area contributed by atoms with Gasteiger partial charge in [0.25, 0.3) is 5.91 Å². The molecule has 0 spiro atoms. The predicted molar refractivity (Wildman–Crippen MR) is 113 cm³/mol. The van der Waals surface area contributed by atoms with Gasteiger partial charge in [0, 0.05) is 5.69 Å². The van der Waals surface area contributed by atoms with Crippen molar-refractivity contribution in [3.63, 3.8) is 0 Å². The largest absolute Gasteiger partial charge is 0.489 e. The second-order valence-corrected chi connectivity index (χ2v) is 6.36. The van der Waals surface area contributed by atoms with Gasteiger partial charge in [-0.15, -0.1) is 0 Å². The minimum atomic E-state index is -0.215. The van der Waals surface area contributed by atoms with Crippen molar-refractivity contribution in [2.75, 3.05) is 11.9 Å². The van der Waals surface area contributed by atoms with E-state index in [9.17, 15) is 4.79 Å². The highest BCUT2D eigenvalue weighted by Gasteiger charge is 2.00. The number of nitrogens with zero attached hydrogens (tertiary/aromatic N) is 1. The van der Waals surface area contributed by atoms with Crippen LogP contribution in [0.3, 0.4) is 0 Å². The van der Waals surface area contributed by atoms with Crippen molar-refractivity contribution in [3.05, 3.63) is 95.6 Å². The minimum absolute atomic E-state index is 0.153. The molecule has 0 radical (unpaired) electrons. The monoisotopic (exact) mass is 373 g/mol. The normalized spacial score (nSPS) is 10.6. The first-order chi connectivity index (χ1) is 13.7. The third-order valence-corrected chi connectivity index (χ3v) is 4.01. The molecule has 0 fully saturated rings. The van der Waals surface area contributed by atoms with Gasteiger partial charge in [-0.1, -0.05) is 60.2 Å². The first kappa shape index (κ1) is 19.2. The minimum Gasteiger partial charge on any atom is -0.489 e. The van der Waals surface area contributed by atoms with E-state index in [1.165, 1.54) is 5.56 Å². The molecule has 142 valence electrons. The zero-order valence-corrected chi connectivity index (χ0v) is 15.8. The molecule has 0 unspecified atom stereocenters. The summed E-state index contributed by atoms with van der Waals surface area (Å²) in [7, 11) is 0. The van der Waals surface area contributed by atoms with Gasteiger partial charge in [-0.25, -0.2) is 5.43 Å². The number of amides is 1. The average Bonchev–Trinajstić information content (AvgIpc) is 2.73. The zero-order chi connectivity index (χ0) is 19.6. The van der Waals surface area contributed by atoms with Gasteiger partial charge in [0.2, 0.25) is 0 Å². The smallest absolute Gasteiger partial charge is 0.259 e. The lowest BCUT2D eigenvalue weighted by Gasteiger charge is -2.07. The molecule has 2 N–H and O–H groups in total. The molecule has 3 aromatic rings. The number of benzene rings is 3. The predicted octanol–water partition coefficient (Wildman–Crippen LogP) is 4.14. The summed E-state index contributed by atoms with van der Waals surface area (Å²) in [5.41, 5.74) is 6.54. The fourth-order valence-electron chi connectivity index (χ4n) is 2.50. The summed E-state index contributed by atoms with van der Waals surface area (Å²) in [5.74, 6) is 0.536. The second kappa shape index (κ2) is 9.92. The first-order valence-electron chi connectivity index (χ1n) is 9.08. The van der Waals surface area contributed by atoms with E-state index in [-0.39, 0.29) is 12.5 Å². The van der Waals surface area contributed by atoms with Crippen molar-refractivity contribution < 1.29 is 9.53 Å². The van der Waals surface area contributed by atoms with Crippen molar-refractivity contribution in [1.29, 1.82) is 0 Å². The summed E-state index contributed by atoms with van der Waals surface area (Å²) in [5, 5.41) is 7.06. The molecule has 5 nitrogen and oxygen atoms in total. The average molecular weight is 373 g/mol. The number of carbonyl (C=O) groups excluding carboxylic acids is 1. The van der Waals surface area contributed by atoms with E-state index >= 15 is 0 Å². The fraction of sp³-hybridized carbons (Fsp3) is 0.130. The summed E-state index contributed by atoms with van der Waals surface area (Å²) in [6.07, 6.45) is 1.60. The lowest BCUT2D eigenvalue weighted by Crippen LogP contribution is -2.25. The van der Waals surface area contributed by atoms with Gasteiger partial charge >= 0.3 is 0 Å². The van der Waals surface area contributed by atoms with Crippen molar-refractivity contribution in [2.45, 2.75) is 13.5 Å². The SMILES string of the molecule is Cc1ccc(NCC(=O)N/N=C/c2cccc(OCc3ccccc3)c2)cc1. The van der Waals surface area contributed by atoms with E-state index in [2.05, 4.69) is 15.8 Å². The Hall–Kier alpha value is -3.60. The third-order valence-electron chi connectivity index (χ3n) is 4.01. The number of nitrogens with one attached hydrogen (secondary N) is 2. The van der Waals surface area contributed by atoms with Crippen LogP contribution in [0.5, 0.6) is 5.75 Å². The number of ether oxygens (including phenoxy) is 1. The highest BCUT2D eigenvalue weighted by molar-refractivity contribution is 5.84. The van der Waals surface area contributed by atoms with Crippen LogP contribution in [0.15, 0.2) is 84.0 Å².